The first kappa shape index (κ1) is 13.4. The maximum absolute atomic E-state index is 10.4. The molecule has 0 saturated carbocycles. The van der Waals surface area contributed by atoms with Gasteiger partial charge in [0, 0.05) is 57.8 Å². The van der Waals surface area contributed by atoms with Gasteiger partial charge < -0.3 is 5.11 Å². The minimum atomic E-state index is -1.33. The van der Waals surface area contributed by atoms with Crippen molar-refractivity contribution in [3.63, 3.8) is 0 Å². The molecule has 0 aromatic heterocycles. The van der Waals surface area contributed by atoms with Gasteiger partial charge in [0.2, 0.25) is 5.78 Å². The molecule has 4 heteroatoms. The van der Waals surface area contributed by atoms with E-state index in [1.54, 1.807) is 13.8 Å². The van der Waals surface area contributed by atoms with E-state index < -0.39 is 11.8 Å². The van der Waals surface area contributed by atoms with Gasteiger partial charge in [-0.1, -0.05) is 13.8 Å². The van der Waals surface area contributed by atoms with E-state index in [2.05, 4.69) is 0 Å². The van der Waals surface area contributed by atoms with E-state index in [0.717, 1.165) is 0 Å². The monoisotopic (exact) mass is 169 g/mol. The summed E-state index contributed by atoms with van der Waals surface area (Å²) in [6.45, 7) is 3.61. The standard InChI is InChI=1S/C6H10O3.K/c1-4(2)3-5(7)6(8)9;/h4H,3H2,1-2H3,(H,8,9);. The molecule has 0 saturated heterocycles. The van der Waals surface area contributed by atoms with Crippen LogP contribution in [0.25, 0.3) is 0 Å². The number of carbonyl (C=O) groups is 2. The first-order valence-electron chi connectivity index (χ1n) is 2.80. The van der Waals surface area contributed by atoms with Gasteiger partial charge in [-0.25, -0.2) is 4.79 Å². The molecule has 0 aliphatic rings. The smallest absolute Gasteiger partial charge is 0.372 e. The molecule has 0 atom stereocenters. The van der Waals surface area contributed by atoms with Gasteiger partial charge in [-0.15, -0.1) is 0 Å². The van der Waals surface area contributed by atoms with Crippen LogP contribution in [-0.2, 0) is 9.59 Å². The van der Waals surface area contributed by atoms with Gasteiger partial charge in [0.1, 0.15) is 0 Å². The topological polar surface area (TPSA) is 54.4 Å². The number of rotatable bonds is 3. The van der Waals surface area contributed by atoms with Crippen molar-refractivity contribution < 1.29 is 14.7 Å². The molecule has 53 valence electrons. The summed E-state index contributed by atoms with van der Waals surface area (Å²) >= 11 is 0. The Bertz CT molecular complexity index is 131. The molecule has 0 unspecified atom stereocenters. The maximum Gasteiger partial charge on any atom is 0.372 e. The number of hydrogen-bond acceptors (Lipinski definition) is 2. The third-order valence-corrected chi connectivity index (χ3v) is 0.832. The maximum atomic E-state index is 10.4. The van der Waals surface area contributed by atoms with Crippen molar-refractivity contribution >= 4 is 63.1 Å². The van der Waals surface area contributed by atoms with Crippen LogP contribution in [0, 0.1) is 5.92 Å². The Kier molecular flexibility index (Phi) is 8.67. The molecule has 0 spiro atoms. The van der Waals surface area contributed by atoms with E-state index in [9.17, 15) is 9.59 Å². The fourth-order valence-corrected chi connectivity index (χ4v) is 0.458. The fourth-order valence-electron chi connectivity index (χ4n) is 0.458. The second kappa shape index (κ2) is 6.48. The minimum absolute atomic E-state index is 0. The molecule has 0 aromatic carbocycles. The molecule has 0 heterocycles. The Balaban J connectivity index is 0. The Labute approximate surface area is 103 Å². The first-order valence-corrected chi connectivity index (χ1v) is 2.80. The van der Waals surface area contributed by atoms with Gasteiger partial charge in [0.05, 0.1) is 0 Å². The Morgan fingerprint density at radius 2 is 1.80 bits per heavy atom. The van der Waals surface area contributed by atoms with E-state index in [-0.39, 0.29) is 63.7 Å². The Morgan fingerprint density at radius 3 is 1.90 bits per heavy atom. The van der Waals surface area contributed by atoms with Crippen molar-refractivity contribution in [2.45, 2.75) is 20.3 Å². The van der Waals surface area contributed by atoms with Crippen LogP contribution in [0.4, 0.5) is 0 Å². The zero-order chi connectivity index (χ0) is 7.44. The summed E-state index contributed by atoms with van der Waals surface area (Å²) in [6.07, 6.45) is 0.134. The fraction of sp³-hybridized carbons (Fsp3) is 0.667. The predicted molar refractivity (Wildman–Crippen MR) is 37.9 cm³/mol. The number of ketones is 1. The van der Waals surface area contributed by atoms with Crippen LogP contribution in [0.3, 0.4) is 0 Å². The normalized spacial score (nSPS) is 8.70. The average molecular weight is 169 g/mol. The largest absolute Gasteiger partial charge is 0.476 e. The second-order valence-corrected chi connectivity index (χ2v) is 2.33. The molecule has 0 bridgehead atoms. The number of Topliss-reactive ketones (excluding diaryl/α,β-unsaturated/α-hetero) is 1. The van der Waals surface area contributed by atoms with Crippen molar-refractivity contribution in [1.82, 2.24) is 0 Å². The van der Waals surface area contributed by atoms with Crippen LogP contribution < -0.4 is 0 Å². The van der Waals surface area contributed by atoms with Crippen LogP contribution in [-0.4, -0.2) is 68.2 Å². The number of hydrogen-bond donors (Lipinski definition) is 1. The Hall–Kier alpha value is 0.776. The van der Waals surface area contributed by atoms with E-state index in [1.807, 2.05) is 0 Å². The predicted octanol–water partition coefficient (Wildman–Crippen LogP) is 0.305. The number of carboxylic acid groups (broad SMARTS) is 1. The van der Waals surface area contributed by atoms with E-state index in [4.69, 9.17) is 5.11 Å². The van der Waals surface area contributed by atoms with Gasteiger partial charge in [0.25, 0.3) is 0 Å². The number of carboxylic acids is 1. The summed E-state index contributed by atoms with van der Waals surface area (Å²) in [6, 6.07) is 0. The molecule has 0 amide bonds. The zero-order valence-electron chi connectivity index (χ0n) is 6.55. The third kappa shape index (κ3) is 6.89. The van der Waals surface area contributed by atoms with Crippen molar-refractivity contribution in [1.29, 1.82) is 0 Å². The second-order valence-electron chi connectivity index (χ2n) is 2.33. The molecule has 1 N–H and O–H groups in total. The van der Waals surface area contributed by atoms with Gasteiger partial charge in [-0.2, -0.15) is 0 Å². The van der Waals surface area contributed by atoms with Gasteiger partial charge >= 0.3 is 5.97 Å². The molecule has 3 nitrogen and oxygen atoms in total. The summed E-state index contributed by atoms with van der Waals surface area (Å²) in [5.74, 6) is -1.90. The molecule has 0 fully saturated rings. The number of aliphatic carboxylic acids is 1. The quantitative estimate of drug-likeness (QED) is 0.488. The van der Waals surface area contributed by atoms with E-state index in [1.165, 1.54) is 0 Å². The van der Waals surface area contributed by atoms with Crippen LogP contribution >= 0.6 is 0 Å². The SMILES string of the molecule is CC(C)CC(=O)C(=O)O.[K]. The summed E-state index contributed by atoms with van der Waals surface area (Å²) < 4.78 is 0. The molecule has 0 aliphatic carbocycles. The summed E-state index contributed by atoms with van der Waals surface area (Å²) in [5.41, 5.74) is 0. The van der Waals surface area contributed by atoms with E-state index >= 15 is 0 Å². The molecule has 0 aromatic rings. The van der Waals surface area contributed by atoms with Crippen molar-refractivity contribution in [3.05, 3.63) is 0 Å². The Morgan fingerprint density at radius 1 is 1.40 bits per heavy atom. The van der Waals surface area contributed by atoms with Crippen LogP contribution in [0.5, 0.6) is 0 Å². The molecular formula is C6H10KO3. The third-order valence-electron chi connectivity index (χ3n) is 0.832. The first-order chi connectivity index (χ1) is 4.04. The van der Waals surface area contributed by atoms with Gasteiger partial charge in [-0.05, 0) is 5.92 Å². The van der Waals surface area contributed by atoms with Crippen LogP contribution in [0.15, 0.2) is 0 Å². The van der Waals surface area contributed by atoms with Crippen LogP contribution in [0.2, 0.25) is 0 Å². The molecule has 1 radical (unpaired) electrons. The average Bonchev–Trinajstić information content (AvgIpc) is 1.63. The van der Waals surface area contributed by atoms with Crippen molar-refractivity contribution in [2.75, 3.05) is 0 Å². The van der Waals surface area contributed by atoms with Crippen LogP contribution in [0.1, 0.15) is 20.3 Å². The number of carbonyl (C=O) groups excluding carboxylic acids is 1. The van der Waals surface area contributed by atoms with Gasteiger partial charge in [0.15, 0.2) is 0 Å². The molecule has 0 rings (SSSR count). The summed E-state index contributed by atoms with van der Waals surface area (Å²) in [7, 11) is 0. The summed E-state index contributed by atoms with van der Waals surface area (Å²) in [5, 5.41) is 8.08. The van der Waals surface area contributed by atoms with Crippen molar-refractivity contribution in [3.8, 4) is 0 Å². The minimum Gasteiger partial charge on any atom is -0.476 e. The molecule has 10 heavy (non-hydrogen) atoms. The van der Waals surface area contributed by atoms with Gasteiger partial charge in [-0.3, -0.25) is 4.79 Å². The molecular weight excluding hydrogens is 159 g/mol. The zero-order valence-corrected chi connectivity index (χ0v) is 9.67. The van der Waals surface area contributed by atoms with Crippen molar-refractivity contribution in [2.24, 2.45) is 5.92 Å². The molecule has 0 aliphatic heterocycles. The summed E-state index contributed by atoms with van der Waals surface area (Å²) in [4.78, 5) is 20.2. The van der Waals surface area contributed by atoms with E-state index in [0.29, 0.717) is 0 Å².